The van der Waals surface area contributed by atoms with Crippen LogP contribution < -0.4 is 15.4 Å². The van der Waals surface area contributed by atoms with Gasteiger partial charge in [0.2, 0.25) is 0 Å². The lowest BCUT2D eigenvalue weighted by molar-refractivity contribution is -0.118. The summed E-state index contributed by atoms with van der Waals surface area (Å²) in [6.45, 7) is 13.3. The van der Waals surface area contributed by atoms with Crippen LogP contribution in [0.5, 0.6) is 5.75 Å². The van der Waals surface area contributed by atoms with E-state index in [1.54, 1.807) is 24.3 Å². The first-order valence-corrected chi connectivity index (χ1v) is 11.9. The zero-order valence-electron chi connectivity index (χ0n) is 21.6. The molecule has 2 N–H and O–H groups in total. The second-order valence-electron chi connectivity index (χ2n) is 10.8. The average Bonchev–Trinajstić information content (AvgIpc) is 2.80. The Labute approximate surface area is 208 Å². The summed E-state index contributed by atoms with van der Waals surface area (Å²) in [5.74, 6) is 0.219. The minimum Gasteiger partial charge on any atom is -0.483 e. The van der Waals surface area contributed by atoms with Gasteiger partial charge >= 0.3 is 0 Å². The Kier molecular flexibility index (Phi) is 8.00. The van der Waals surface area contributed by atoms with Gasteiger partial charge in [0, 0.05) is 17.8 Å². The van der Waals surface area contributed by atoms with Gasteiger partial charge in [-0.2, -0.15) is 0 Å². The Bertz CT molecular complexity index is 1170. The first-order valence-electron chi connectivity index (χ1n) is 11.9. The Morgan fingerprint density at radius 3 is 2.17 bits per heavy atom. The van der Waals surface area contributed by atoms with Gasteiger partial charge in [-0.3, -0.25) is 9.59 Å². The highest BCUT2D eigenvalue weighted by Crippen LogP contribution is 2.35. The largest absolute Gasteiger partial charge is 0.483 e. The molecule has 0 fully saturated rings. The molecule has 5 heteroatoms. The fraction of sp³-hybridized carbons (Fsp3) is 0.333. The number of anilines is 1. The lowest BCUT2D eigenvalue weighted by Gasteiger charge is -2.27. The molecular weight excluding hydrogens is 436 g/mol. The van der Waals surface area contributed by atoms with Gasteiger partial charge in [-0.1, -0.05) is 90.1 Å². The summed E-state index contributed by atoms with van der Waals surface area (Å²) in [7, 11) is 0. The number of hydrogen-bond acceptors (Lipinski definition) is 3. The van der Waals surface area contributed by atoms with Crippen LogP contribution in [-0.2, 0) is 22.2 Å². The monoisotopic (exact) mass is 472 g/mol. The van der Waals surface area contributed by atoms with Crippen LogP contribution in [0.15, 0.2) is 72.8 Å². The quantitative estimate of drug-likeness (QED) is 0.428. The van der Waals surface area contributed by atoms with E-state index >= 15 is 0 Å². The molecule has 0 aliphatic heterocycles. The molecule has 5 nitrogen and oxygen atoms in total. The highest BCUT2D eigenvalue weighted by molar-refractivity contribution is 5.97. The van der Waals surface area contributed by atoms with Crippen molar-refractivity contribution in [3.8, 4) is 5.75 Å². The van der Waals surface area contributed by atoms with E-state index in [1.165, 1.54) is 5.56 Å². The number of ether oxygens (including phenoxy) is 1. The van der Waals surface area contributed by atoms with Crippen LogP contribution in [0.3, 0.4) is 0 Å². The summed E-state index contributed by atoms with van der Waals surface area (Å²) in [6.07, 6.45) is 0. The van der Waals surface area contributed by atoms with Crippen molar-refractivity contribution < 1.29 is 14.3 Å². The van der Waals surface area contributed by atoms with Crippen molar-refractivity contribution in [2.75, 3.05) is 11.9 Å². The summed E-state index contributed by atoms with van der Waals surface area (Å²) < 4.78 is 5.94. The average molecular weight is 473 g/mol. The van der Waals surface area contributed by atoms with Crippen LogP contribution in [0.1, 0.15) is 68.6 Å². The van der Waals surface area contributed by atoms with Crippen molar-refractivity contribution in [3.05, 3.63) is 95.1 Å². The van der Waals surface area contributed by atoms with Crippen molar-refractivity contribution in [2.24, 2.45) is 0 Å². The van der Waals surface area contributed by atoms with Crippen molar-refractivity contribution in [3.63, 3.8) is 0 Å². The molecule has 0 saturated carbocycles. The summed E-state index contributed by atoms with van der Waals surface area (Å²) >= 11 is 0. The molecule has 0 aliphatic carbocycles. The molecule has 0 aliphatic rings. The smallest absolute Gasteiger partial charge is 0.262 e. The van der Waals surface area contributed by atoms with E-state index in [-0.39, 0.29) is 29.3 Å². The van der Waals surface area contributed by atoms with Crippen molar-refractivity contribution in [2.45, 2.75) is 58.9 Å². The van der Waals surface area contributed by atoms with Crippen LogP contribution >= 0.6 is 0 Å². The summed E-state index contributed by atoms with van der Waals surface area (Å²) in [5, 5.41) is 5.73. The fourth-order valence-electron chi connectivity index (χ4n) is 3.67. The van der Waals surface area contributed by atoms with Gasteiger partial charge in [0.15, 0.2) is 6.61 Å². The second kappa shape index (κ2) is 10.8. The molecule has 0 bridgehead atoms. The minimum atomic E-state index is -0.286. The number of nitrogens with one attached hydrogen (secondary N) is 2. The standard InChI is InChI=1S/C30H36N2O3/c1-29(2,3)23-15-16-26(25(18-23)30(4,5)6)35-20-27(33)32-24-14-10-13-22(17-24)28(34)31-19-21-11-8-7-9-12-21/h7-18H,19-20H2,1-6H3,(H,31,34)(H,32,33). The topological polar surface area (TPSA) is 67.4 Å². The zero-order chi connectivity index (χ0) is 25.6. The van der Waals surface area contributed by atoms with Crippen molar-refractivity contribution in [1.29, 1.82) is 0 Å². The summed E-state index contributed by atoms with van der Waals surface area (Å²) in [6, 6.07) is 22.8. The molecule has 184 valence electrons. The molecule has 0 atom stereocenters. The lowest BCUT2D eigenvalue weighted by Crippen LogP contribution is -2.24. The van der Waals surface area contributed by atoms with E-state index in [4.69, 9.17) is 4.74 Å². The van der Waals surface area contributed by atoms with E-state index < -0.39 is 0 Å². The Morgan fingerprint density at radius 1 is 0.800 bits per heavy atom. The number of carbonyl (C=O) groups excluding carboxylic acids is 2. The van der Waals surface area contributed by atoms with Crippen molar-refractivity contribution in [1.82, 2.24) is 5.32 Å². The summed E-state index contributed by atoms with van der Waals surface area (Å²) in [5.41, 5.74) is 4.23. The van der Waals surface area contributed by atoms with Crippen LogP contribution in [0.25, 0.3) is 0 Å². The number of benzene rings is 3. The molecule has 0 heterocycles. The van der Waals surface area contributed by atoms with Crippen LogP contribution in [0.4, 0.5) is 5.69 Å². The van der Waals surface area contributed by atoms with Gasteiger partial charge in [-0.15, -0.1) is 0 Å². The van der Waals surface area contributed by atoms with E-state index in [2.05, 4.69) is 64.3 Å². The van der Waals surface area contributed by atoms with Gasteiger partial charge in [-0.25, -0.2) is 0 Å². The molecule has 35 heavy (non-hydrogen) atoms. The first-order chi connectivity index (χ1) is 16.4. The Balaban J connectivity index is 1.63. The number of rotatable bonds is 7. The first kappa shape index (κ1) is 26.0. The molecule has 3 rings (SSSR count). The van der Waals surface area contributed by atoms with Crippen molar-refractivity contribution >= 4 is 17.5 Å². The molecule has 2 amide bonds. The molecule has 0 radical (unpaired) electrons. The maximum atomic E-state index is 12.6. The van der Waals surface area contributed by atoms with Gasteiger partial charge in [0.1, 0.15) is 5.75 Å². The zero-order valence-corrected chi connectivity index (χ0v) is 21.6. The molecule has 0 spiro atoms. The van der Waals surface area contributed by atoms with E-state index in [0.29, 0.717) is 23.5 Å². The van der Waals surface area contributed by atoms with Gasteiger partial charge in [-0.05, 0) is 51.8 Å². The highest BCUT2D eigenvalue weighted by Gasteiger charge is 2.23. The van der Waals surface area contributed by atoms with E-state index in [9.17, 15) is 9.59 Å². The van der Waals surface area contributed by atoms with E-state index in [1.807, 2.05) is 36.4 Å². The third-order valence-corrected chi connectivity index (χ3v) is 5.72. The van der Waals surface area contributed by atoms with Crippen LogP contribution in [0, 0.1) is 0 Å². The van der Waals surface area contributed by atoms with Crippen LogP contribution in [-0.4, -0.2) is 18.4 Å². The maximum absolute atomic E-state index is 12.6. The molecule has 0 unspecified atom stereocenters. The molecule has 3 aromatic rings. The number of amides is 2. The Morgan fingerprint density at radius 2 is 1.51 bits per heavy atom. The second-order valence-corrected chi connectivity index (χ2v) is 10.8. The predicted octanol–water partition coefficient (Wildman–Crippen LogP) is 6.23. The highest BCUT2D eigenvalue weighted by atomic mass is 16.5. The van der Waals surface area contributed by atoms with Crippen LogP contribution in [0.2, 0.25) is 0 Å². The van der Waals surface area contributed by atoms with Gasteiger partial charge in [0.25, 0.3) is 11.8 Å². The SMILES string of the molecule is CC(C)(C)c1ccc(OCC(=O)Nc2cccc(C(=O)NCc3ccccc3)c2)c(C(C)(C)C)c1. The third kappa shape index (κ3) is 7.44. The molecule has 3 aromatic carbocycles. The maximum Gasteiger partial charge on any atom is 0.262 e. The predicted molar refractivity (Wildman–Crippen MR) is 142 cm³/mol. The molecular formula is C30H36N2O3. The lowest BCUT2D eigenvalue weighted by atomic mass is 9.80. The number of hydrogen-bond donors (Lipinski definition) is 2. The molecule has 0 aromatic heterocycles. The Hall–Kier alpha value is -3.60. The summed E-state index contributed by atoms with van der Waals surface area (Å²) in [4.78, 5) is 25.2. The minimum absolute atomic E-state index is 0.0221. The molecule has 0 saturated heterocycles. The van der Waals surface area contributed by atoms with Gasteiger partial charge in [0.05, 0.1) is 0 Å². The van der Waals surface area contributed by atoms with E-state index in [0.717, 1.165) is 11.1 Å². The fourth-order valence-corrected chi connectivity index (χ4v) is 3.67. The third-order valence-electron chi connectivity index (χ3n) is 5.72. The normalized spacial score (nSPS) is 11.6. The number of carbonyl (C=O) groups is 2. The van der Waals surface area contributed by atoms with Gasteiger partial charge < -0.3 is 15.4 Å².